The van der Waals surface area contributed by atoms with E-state index in [0.717, 1.165) is 35.3 Å². The molecule has 0 radical (unpaired) electrons. The van der Waals surface area contributed by atoms with Crippen molar-refractivity contribution in [3.8, 4) is 11.4 Å². The lowest BCUT2D eigenvalue weighted by atomic mass is 10.00. The monoisotopic (exact) mass is 380 g/mol. The molecule has 140 valence electrons. The summed E-state index contributed by atoms with van der Waals surface area (Å²) >= 11 is 5.84. The molecular formula is C21H26N5S+. The van der Waals surface area contributed by atoms with E-state index in [1.54, 1.807) is 4.90 Å². The molecule has 0 atom stereocenters. The number of piperidine rings is 1. The molecule has 1 fully saturated rings. The number of benzene rings is 1. The van der Waals surface area contributed by atoms with Crippen LogP contribution >= 0.6 is 12.2 Å². The maximum absolute atomic E-state index is 5.84. The molecule has 1 N–H and O–H groups in total. The van der Waals surface area contributed by atoms with Crippen LogP contribution in [0, 0.1) is 10.7 Å². The first-order valence-corrected chi connectivity index (χ1v) is 10.1. The van der Waals surface area contributed by atoms with Crippen LogP contribution in [0.5, 0.6) is 0 Å². The maximum Gasteiger partial charge on any atom is 0.203 e. The van der Waals surface area contributed by atoms with Crippen molar-refractivity contribution < 1.29 is 4.90 Å². The van der Waals surface area contributed by atoms with Crippen molar-refractivity contribution in [1.82, 2.24) is 19.3 Å². The molecular weight excluding hydrogens is 354 g/mol. The van der Waals surface area contributed by atoms with Crippen molar-refractivity contribution in [1.29, 1.82) is 0 Å². The van der Waals surface area contributed by atoms with Crippen LogP contribution in [0.1, 0.15) is 25.3 Å². The predicted molar refractivity (Wildman–Crippen MR) is 109 cm³/mol. The van der Waals surface area contributed by atoms with E-state index in [1.807, 2.05) is 35.3 Å². The third-order valence-corrected chi connectivity index (χ3v) is 5.83. The zero-order valence-corrected chi connectivity index (χ0v) is 16.5. The molecule has 0 bridgehead atoms. The number of hydrogen-bond donors (Lipinski definition) is 1. The molecule has 1 aliphatic heterocycles. The maximum atomic E-state index is 5.84. The van der Waals surface area contributed by atoms with E-state index >= 15 is 0 Å². The van der Waals surface area contributed by atoms with Crippen molar-refractivity contribution in [2.24, 2.45) is 5.92 Å². The second-order valence-electron chi connectivity index (χ2n) is 7.50. The summed E-state index contributed by atoms with van der Waals surface area (Å²) in [5.41, 5.74) is 2.27. The Morgan fingerprint density at radius 2 is 1.78 bits per heavy atom. The minimum absolute atomic E-state index is 0.726. The van der Waals surface area contributed by atoms with Crippen LogP contribution in [0.3, 0.4) is 0 Å². The second kappa shape index (κ2) is 8.15. The molecule has 6 heteroatoms. The molecule has 0 amide bonds. The SMILES string of the molecule is CC1CC[NH+](Cn2nc(-c3ccncc3)n(Cc3ccccc3)c2=S)CC1. The Morgan fingerprint density at radius 1 is 1.07 bits per heavy atom. The van der Waals surface area contributed by atoms with Gasteiger partial charge in [0.1, 0.15) is 0 Å². The summed E-state index contributed by atoms with van der Waals surface area (Å²) in [5, 5.41) is 4.92. The van der Waals surface area contributed by atoms with E-state index in [4.69, 9.17) is 17.3 Å². The molecule has 0 saturated carbocycles. The lowest BCUT2D eigenvalue weighted by Crippen LogP contribution is -3.12. The predicted octanol–water partition coefficient (Wildman–Crippen LogP) is 2.80. The molecule has 1 saturated heterocycles. The van der Waals surface area contributed by atoms with Crippen molar-refractivity contribution >= 4 is 12.2 Å². The highest BCUT2D eigenvalue weighted by atomic mass is 32.1. The van der Waals surface area contributed by atoms with Gasteiger partial charge in [0.2, 0.25) is 4.77 Å². The van der Waals surface area contributed by atoms with Crippen LogP contribution < -0.4 is 4.90 Å². The second-order valence-corrected chi connectivity index (χ2v) is 7.87. The minimum Gasteiger partial charge on any atom is -0.316 e. The van der Waals surface area contributed by atoms with Crippen molar-refractivity contribution in [3.05, 3.63) is 65.2 Å². The molecule has 3 aromatic rings. The first-order valence-electron chi connectivity index (χ1n) is 9.66. The summed E-state index contributed by atoms with van der Waals surface area (Å²) in [6, 6.07) is 14.4. The van der Waals surface area contributed by atoms with Gasteiger partial charge in [0, 0.05) is 18.0 Å². The van der Waals surface area contributed by atoms with Gasteiger partial charge in [0.15, 0.2) is 12.5 Å². The van der Waals surface area contributed by atoms with Gasteiger partial charge >= 0.3 is 0 Å². The summed E-state index contributed by atoms with van der Waals surface area (Å²) in [6.45, 7) is 6.30. The number of rotatable bonds is 5. The Morgan fingerprint density at radius 3 is 2.48 bits per heavy atom. The average Bonchev–Trinajstić information content (AvgIpc) is 3.01. The first-order chi connectivity index (χ1) is 13.2. The lowest BCUT2D eigenvalue weighted by Gasteiger charge is -2.26. The highest BCUT2D eigenvalue weighted by Gasteiger charge is 2.21. The van der Waals surface area contributed by atoms with Gasteiger partial charge < -0.3 is 4.90 Å². The number of likely N-dealkylation sites (tertiary alicyclic amines) is 1. The van der Waals surface area contributed by atoms with Gasteiger partial charge in [-0.25, -0.2) is 0 Å². The Bertz CT molecular complexity index is 924. The van der Waals surface area contributed by atoms with E-state index in [0.29, 0.717) is 0 Å². The Kier molecular flexibility index (Phi) is 5.45. The first kappa shape index (κ1) is 18.1. The number of pyridine rings is 1. The van der Waals surface area contributed by atoms with E-state index in [-0.39, 0.29) is 0 Å². The van der Waals surface area contributed by atoms with E-state index in [1.165, 1.54) is 31.5 Å². The van der Waals surface area contributed by atoms with Crippen LogP contribution in [-0.4, -0.2) is 32.4 Å². The standard InChI is InChI=1S/C21H25N5S/c1-17-9-13-24(14-10-17)16-26-21(27)25(15-18-5-3-2-4-6-18)20(23-26)19-7-11-22-12-8-19/h2-8,11-12,17H,9-10,13-16H2,1H3/p+1. The topological polar surface area (TPSA) is 40.1 Å². The van der Waals surface area contributed by atoms with Gasteiger partial charge in [-0.1, -0.05) is 37.3 Å². The highest BCUT2D eigenvalue weighted by molar-refractivity contribution is 7.71. The van der Waals surface area contributed by atoms with Gasteiger partial charge in [-0.3, -0.25) is 9.55 Å². The number of nitrogens with one attached hydrogen (secondary N) is 1. The fourth-order valence-corrected chi connectivity index (χ4v) is 3.96. The molecule has 0 unspecified atom stereocenters. The van der Waals surface area contributed by atoms with Gasteiger partial charge in [0.25, 0.3) is 0 Å². The summed E-state index contributed by atoms with van der Waals surface area (Å²) in [5.74, 6) is 1.75. The number of nitrogens with zero attached hydrogens (tertiary/aromatic N) is 4. The number of hydrogen-bond acceptors (Lipinski definition) is 3. The van der Waals surface area contributed by atoms with Crippen LogP contribution in [0.25, 0.3) is 11.4 Å². The molecule has 1 aromatic carbocycles. The summed E-state index contributed by atoms with van der Waals surface area (Å²) in [4.78, 5) is 5.71. The van der Waals surface area contributed by atoms with Crippen molar-refractivity contribution in [2.75, 3.05) is 13.1 Å². The van der Waals surface area contributed by atoms with Gasteiger partial charge in [-0.15, -0.1) is 5.10 Å². The molecule has 3 heterocycles. The largest absolute Gasteiger partial charge is 0.316 e. The van der Waals surface area contributed by atoms with Crippen molar-refractivity contribution in [2.45, 2.75) is 33.0 Å². The van der Waals surface area contributed by atoms with Crippen LogP contribution in [0.2, 0.25) is 0 Å². The highest BCUT2D eigenvalue weighted by Crippen LogP contribution is 2.19. The third kappa shape index (κ3) is 4.17. The Labute approximate surface area is 165 Å². The minimum atomic E-state index is 0.726. The molecule has 0 aliphatic carbocycles. The van der Waals surface area contributed by atoms with Crippen LogP contribution in [0.4, 0.5) is 0 Å². The smallest absolute Gasteiger partial charge is 0.203 e. The molecule has 2 aromatic heterocycles. The van der Waals surface area contributed by atoms with E-state index < -0.39 is 0 Å². The summed E-state index contributed by atoms with van der Waals surface area (Å²) in [6.07, 6.45) is 6.18. The Hall–Kier alpha value is -2.31. The van der Waals surface area contributed by atoms with E-state index in [9.17, 15) is 0 Å². The third-order valence-electron chi connectivity index (χ3n) is 5.40. The molecule has 4 rings (SSSR count). The van der Waals surface area contributed by atoms with E-state index in [2.05, 4.69) is 40.7 Å². The fraction of sp³-hybridized carbons (Fsp3) is 0.381. The average molecular weight is 381 g/mol. The number of aromatic nitrogens is 4. The summed E-state index contributed by atoms with van der Waals surface area (Å²) < 4.78 is 4.95. The molecule has 0 spiro atoms. The zero-order valence-electron chi connectivity index (χ0n) is 15.7. The van der Waals surface area contributed by atoms with Crippen LogP contribution in [-0.2, 0) is 13.2 Å². The fourth-order valence-electron chi connectivity index (χ4n) is 3.71. The summed E-state index contributed by atoms with van der Waals surface area (Å²) in [7, 11) is 0. The van der Waals surface area contributed by atoms with Gasteiger partial charge in [-0.2, -0.15) is 4.68 Å². The Balaban J connectivity index is 1.67. The van der Waals surface area contributed by atoms with Crippen LogP contribution in [0.15, 0.2) is 54.9 Å². The zero-order chi connectivity index (χ0) is 18.6. The number of quaternary nitrogens is 1. The molecule has 27 heavy (non-hydrogen) atoms. The molecule has 5 nitrogen and oxygen atoms in total. The quantitative estimate of drug-likeness (QED) is 0.692. The lowest BCUT2D eigenvalue weighted by molar-refractivity contribution is -0.929. The van der Waals surface area contributed by atoms with Gasteiger partial charge in [0.05, 0.1) is 19.6 Å². The normalized spacial score (nSPS) is 19.9. The van der Waals surface area contributed by atoms with Crippen molar-refractivity contribution in [3.63, 3.8) is 0 Å². The van der Waals surface area contributed by atoms with Gasteiger partial charge in [-0.05, 0) is 48.7 Å². The molecule has 1 aliphatic rings.